The van der Waals surface area contributed by atoms with Gasteiger partial charge < -0.3 is 4.55 Å². The summed E-state index contributed by atoms with van der Waals surface area (Å²) in [4.78, 5) is 8.26. The van der Waals surface area contributed by atoms with Crippen LogP contribution in [0.4, 0.5) is 0 Å². The molecule has 7 heteroatoms. The minimum absolute atomic E-state index is 0.335. The van der Waals surface area contributed by atoms with Gasteiger partial charge in [0, 0.05) is 6.20 Å². The van der Waals surface area contributed by atoms with Gasteiger partial charge in [0.2, 0.25) is 0 Å². The second-order valence-electron chi connectivity index (χ2n) is 4.60. The molecular weight excluding hydrogens is 290 g/mol. The van der Waals surface area contributed by atoms with Crippen LogP contribution >= 0.6 is 23.4 Å². The fraction of sp³-hybridized carbons (Fsp3) is 0.545. The Hall–Kier alpha value is -0.300. The van der Waals surface area contributed by atoms with E-state index in [0.717, 1.165) is 0 Å². The zero-order valence-corrected chi connectivity index (χ0v) is 13.4. The van der Waals surface area contributed by atoms with Gasteiger partial charge in [-0.05, 0) is 34.0 Å². The Labute approximate surface area is 120 Å². The molecule has 0 N–H and O–H groups in total. The number of hydrogen-bond acceptors (Lipinski definition) is 5. The van der Waals surface area contributed by atoms with Crippen LogP contribution in [0.5, 0.6) is 0 Å². The summed E-state index contributed by atoms with van der Waals surface area (Å²) in [7, 11) is 0. The van der Waals surface area contributed by atoms with E-state index < -0.39 is 16.1 Å². The molecule has 0 bridgehead atoms. The number of halogens is 1. The predicted octanol–water partition coefficient (Wildman–Crippen LogP) is 3.12. The fourth-order valence-electron chi connectivity index (χ4n) is 0.998. The first-order valence-electron chi connectivity index (χ1n) is 5.30. The lowest BCUT2D eigenvalue weighted by Crippen LogP contribution is -2.26. The summed E-state index contributed by atoms with van der Waals surface area (Å²) in [6.07, 6.45) is 3.49. The molecule has 1 heterocycles. The monoisotopic (exact) mass is 305 g/mol. The zero-order valence-electron chi connectivity index (χ0n) is 11.0. The topological polar surface area (TPSA) is 61.2 Å². The van der Waals surface area contributed by atoms with E-state index in [1.165, 1.54) is 11.8 Å². The highest BCUT2D eigenvalue weighted by molar-refractivity contribution is 7.98. The van der Waals surface area contributed by atoms with Crippen molar-refractivity contribution in [2.45, 2.75) is 37.6 Å². The Morgan fingerprint density at radius 3 is 2.56 bits per heavy atom. The molecule has 0 aromatic carbocycles. The molecule has 0 aliphatic heterocycles. The van der Waals surface area contributed by atoms with Crippen LogP contribution < -0.4 is 0 Å². The van der Waals surface area contributed by atoms with E-state index in [2.05, 4.69) is 14.4 Å². The Bertz CT molecular complexity index is 460. The Morgan fingerprint density at radius 2 is 2.11 bits per heavy atom. The zero-order chi connectivity index (χ0) is 13.9. The van der Waals surface area contributed by atoms with Crippen molar-refractivity contribution in [2.24, 2.45) is 4.40 Å². The van der Waals surface area contributed by atoms with Crippen molar-refractivity contribution in [3.63, 3.8) is 0 Å². The van der Waals surface area contributed by atoms with Gasteiger partial charge in [0.25, 0.3) is 0 Å². The summed E-state index contributed by atoms with van der Waals surface area (Å²) in [5, 5.41) is 0.940. The maximum Gasteiger partial charge on any atom is 0.188 e. The summed E-state index contributed by atoms with van der Waals surface area (Å²) < 4.78 is 15.7. The van der Waals surface area contributed by atoms with Gasteiger partial charge >= 0.3 is 0 Å². The van der Waals surface area contributed by atoms with Gasteiger partial charge in [-0.1, -0.05) is 27.8 Å². The predicted molar refractivity (Wildman–Crippen MR) is 78.9 cm³/mol. The van der Waals surface area contributed by atoms with Crippen molar-refractivity contribution >= 4 is 40.4 Å². The standard InChI is InChI=1S/C11H16ClN3OS2/c1-7(15-18(16)11(2,3)4)8-6-13-10(17-5)14-9(8)12/h6H,1-5H3/b15-7+/t18-/m0/s1. The first-order valence-corrected chi connectivity index (χ1v) is 8.01. The Balaban J connectivity index is 3.04. The molecule has 0 aliphatic carbocycles. The molecule has 1 aromatic rings. The van der Waals surface area contributed by atoms with Crippen LogP contribution in [0.25, 0.3) is 0 Å². The lowest BCUT2D eigenvalue weighted by Gasteiger charge is -2.18. The lowest BCUT2D eigenvalue weighted by molar-refractivity contribution is 0.561. The van der Waals surface area contributed by atoms with E-state index in [1.807, 2.05) is 27.0 Å². The van der Waals surface area contributed by atoms with Gasteiger partial charge in [0.05, 0.1) is 5.56 Å². The van der Waals surface area contributed by atoms with E-state index in [9.17, 15) is 4.55 Å². The SMILES string of the molecule is CSc1ncc(/C(C)=N/[S@@+]([O-])C(C)(C)C)c(Cl)n1. The van der Waals surface area contributed by atoms with Gasteiger partial charge in [0.15, 0.2) is 5.16 Å². The Kier molecular flexibility index (Phi) is 5.46. The number of hydrogen-bond donors (Lipinski definition) is 0. The molecule has 1 atom stereocenters. The first kappa shape index (κ1) is 15.8. The van der Waals surface area contributed by atoms with Crippen molar-refractivity contribution < 1.29 is 4.55 Å². The number of nitrogens with zero attached hydrogens (tertiary/aromatic N) is 3. The summed E-state index contributed by atoms with van der Waals surface area (Å²) >= 11 is 6.16. The second kappa shape index (κ2) is 6.23. The molecule has 0 saturated carbocycles. The largest absolute Gasteiger partial charge is 0.591 e. The highest BCUT2D eigenvalue weighted by atomic mass is 35.5. The van der Waals surface area contributed by atoms with Crippen LogP contribution in [-0.4, -0.2) is 31.2 Å². The molecule has 4 nitrogen and oxygen atoms in total. The number of rotatable bonds is 3. The molecule has 0 spiro atoms. The third-order valence-corrected chi connectivity index (χ3v) is 4.37. The molecule has 0 fully saturated rings. The van der Waals surface area contributed by atoms with Crippen LogP contribution in [0, 0.1) is 0 Å². The van der Waals surface area contributed by atoms with Gasteiger partial charge in [-0.25, -0.2) is 9.97 Å². The molecule has 18 heavy (non-hydrogen) atoms. The van der Waals surface area contributed by atoms with Gasteiger partial charge in [-0.2, -0.15) is 0 Å². The van der Waals surface area contributed by atoms with Crippen molar-refractivity contribution in [3.8, 4) is 0 Å². The molecule has 1 rings (SSSR count). The van der Waals surface area contributed by atoms with E-state index in [-0.39, 0.29) is 0 Å². The molecule has 0 unspecified atom stereocenters. The van der Waals surface area contributed by atoms with E-state index >= 15 is 0 Å². The van der Waals surface area contributed by atoms with E-state index in [4.69, 9.17) is 11.6 Å². The van der Waals surface area contributed by atoms with Crippen LogP contribution in [0.15, 0.2) is 15.8 Å². The van der Waals surface area contributed by atoms with Crippen LogP contribution in [0.3, 0.4) is 0 Å². The maximum atomic E-state index is 11.9. The van der Waals surface area contributed by atoms with Crippen molar-refractivity contribution in [1.82, 2.24) is 9.97 Å². The maximum absolute atomic E-state index is 11.9. The Morgan fingerprint density at radius 1 is 1.50 bits per heavy atom. The summed E-state index contributed by atoms with van der Waals surface area (Å²) in [6.45, 7) is 7.37. The average Bonchev–Trinajstić information content (AvgIpc) is 2.27. The quantitative estimate of drug-likeness (QED) is 0.283. The highest BCUT2D eigenvalue weighted by Gasteiger charge is 2.27. The molecule has 0 amide bonds. The minimum atomic E-state index is -1.31. The normalized spacial score (nSPS) is 14.7. The number of thioether (sulfide) groups is 1. The smallest absolute Gasteiger partial charge is 0.188 e. The van der Waals surface area contributed by atoms with Crippen LogP contribution in [-0.2, 0) is 11.4 Å². The number of aromatic nitrogens is 2. The van der Waals surface area contributed by atoms with Crippen molar-refractivity contribution in [1.29, 1.82) is 0 Å². The third-order valence-electron chi connectivity index (χ3n) is 2.04. The molecule has 0 radical (unpaired) electrons. The first-order chi connectivity index (χ1) is 8.25. The minimum Gasteiger partial charge on any atom is -0.591 e. The van der Waals surface area contributed by atoms with E-state index in [0.29, 0.717) is 21.6 Å². The third kappa shape index (κ3) is 4.12. The van der Waals surface area contributed by atoms with E-state index in [1.54, 1.807) is 13.1 Å². The van der Waals surface area contributed by atoms with Gasteiger partial charge in [0.1, 0.15) is 27.0 Å². The molecule has 0 aliphatic rings. The molecular formula is C11H16ClN3OS2. The molecule has 0 saturated heterocycles. The highest BCUT2D eigenvalue weighted by Crippen LogP contribution is 2.21. The molecule has 1 aromatic heterocycles. The summed E-state index contributed by atoms with van der Waals surface area (Å²) in [6, 6.07) is 0. The van der Waals surface area contributed by atoms with Crippen LogP contribution in [0.2, 0.25) is 5.15 Å². The van der Waals surface area contributed by atoms with Crippen molar-refractivity contribution in [2.75, 3.05) is 6.26 Å². The van der Waals surface area contributed by atoms with Gasteiger partial charge in [-0.3, -0.25) is 0 Å². The van der Waals surface area contributed by atoms with Gasteiger partial charge in [-0.15, -0.1) is 0 Å². The fourth-order valence-corrected chi connectivity index (χ4v) is 2.27. The lowest BCUT2D eigenvalue weighted by atomic mass is 10.2. The second-order valence-corrected chi connectivity index (χ2v) is 7.64. The molecule has 100 valence electrons. The summed E-state index contributed by atoms with van der Waals surface area (Å²) in [5.41, 5.74) is 1.20. The average molecular weight is 306 g/mol. The van der Waals surface area contributed by atoms with Crippen LogP contribution in [0.1, 0.15) is 33.3 Å². The van der Waals surface area contributed by atoms with Crippen molar-refractivity contribution in [3.05, 3.63) is 16.9 Å². The summed E-state index contributed by atoms with van der Waals surface area (Å²) in [5.74, 6) is 0.